The third-order valence-corrected chi connectivity index (χ3v) is 4.04. The molecule has 1 aliphatic rings. The lowest BCUT2D eigenvalue weighted by Gasteiger charge is -2.34. The molecule has 18 heavy (non-hydrogen) atoms. The van der Waals surface area contributed by atoms with Crippen molar-refractivity contribution in [1.82, 2.24) is 10.3 Å². The quantitative estimate of drug-likeness (QED) is 0.851. The lowest BCUT2D eigenvalue weighted by atomic mass is 10.1. The average Bonchev–Trinajstić information content (AvgIpc) is 2.86. The van der Waals surface area contributed by atoms with Gasteiger partial charge in [0, 0.05) is 35.9 Å². The molecule has 6 heteroatoms. The van der Waals surface area contributed by atoms with Crippen molar-refractivity contribution in [2.75, 3.05) is 24.5 Å². The molecular formula is C12H13N3O2S. The predicted octanol–water partition coefficient (Wildman–Crippen LogP) is 1.16. The number of aromatic nitrogens is 1. The van der Waals surface area contributed by atoms with Gasteiger partial charge >= 0.3 is 5.97 Å². The summed E-state index contributed by atoms with van der Waals surface area (Å²) in [6.45, 7) is 1.91. The topological polar surface area (TPSA) is 65.5 Å². The Labute approximate surface area is 108 Å². The Bertz CT molecular complexity index is 583. The first-order chi connectivity index (χ1) is 8.77. The maximum absolute atomic E-state index is 11.3. The van der Waals surface area contributed by atoms with Crippen LogP contribution in [0.4, 0.5) is 5.82 Å². The SMILES string of the molecule is O=C(O)C1CNCCN1c1nccc2sccc12. The Kier molecular flexibility index (Phi) is 2.89. The van der Waals surface area contributed by atoms with Crippen LogP contribution < -0.4 is 10.2 Å². The van der Waals surface area contributed by atoms with Gasteiger partial charge in [0.1, 0.15) is 11.9 Å². The number of rotatable bonds is 2. The molecule has 2 aromatic heterocycles. The molecule has 1 atom stereocenters. The zero-order valence-electron chi connectivity index (χ0n) is 9.67. The van der Waals surface area contributed by atoms with Gasteiger partial charge in [0.15, 0.2) is 0 Å². The fourth-order valence-corrected chi connectivity index (χ4v) is 3.06. The van der Waals surface area contributed by atoms with Crippen LogP contribution in [0.25, 0.3) is 10.1 Å². The van der Waals surface area contributed by atoms with Crippen LogP contribution in [0.3, 0.4) is 0 Å². The van der Waals surface area contributed by atoms with Crippen LogP contribution in [0, 0.1) is 0 Å². The summed E-state index contributed by atoms with van der Waals surface area (Å²) in [5.74, 6) is -0.0288. The zero-order valence-corrected chi connectivity index (χ0v) is 10.5. The lowest BCUT2D eigenvalue weighted by molar-refractivity contribution is -0.138. The van der Waals surface area contributed by atoms with Crippen molar-refractivity contribution in [1.29, 1.82) is 0 Å². The van der Waals surface area contributed by atoms with Gasteiger partial charge in [-0.25, -0.2) is 9.78 Å². The number of anilines is 1. The van der Waals surface area contributed by atoms with E-state index in [1.165, 1.54) is 0 Å². The highest BCUT2D eigenvalue weighted by Crippen LogP contribution is 2.29. The first-order valence-electron chi connectivity index (χ1n) is 5.80. The molecule has 3 rings (SSSR count). The molecule has 2 aromatic rings. The third kappa shape index (κ3) is 1.83. The second kappa shape index (κ2) is 4.55. The number of piperazine rings is 1. The van der Waals surface area contributed by atoms with E-state index in [-0.39, 0.29) is 0 Å². The van der Waals surface area contributed by atoms with Crippen LogP contribution in [0.2, 0.25) is 0 Å². The van der Waals surface area contributed by atoms with E-state index in [1.807, 2.05) is 22.4 Å². The lowest BCUT2D eigenvalue weighted by Crippen LogP contribution is -2.55. The predicted molar refractivity (Wildman–Crippen MR) is 71.3 cm³/mol. The molecule has 0 amide bonds. The summed E-state index contributed by atoms with van der Waals surface area (Å²) >= 11 is 1.65. The van der Waals surface area contributed by atoms with Gasteiger partial charge in [-0.1, -0.05) is 0 Å². The normalized spacial score (nSPS) is 20.2. The van der Waals surface area contributed by atoms with Gasteiger partial charge in [-0.05, 0) is 17.5 Å². The molecule has 0 radical (unpaired) electrons. The van der Waals surface area contributed by atoms with Crippen molar-refractivity contribution in [3.05, 3.63) is 23.7 Å². The number of pyridine rings is 1. The molecule has 94 valence electrons. The number of nitrogens with zero attached hydrogens (tertiary/aromatic N) is 2. The highest BCUT2D eigenvalue weighted by atomic mass is 32.1. The Morgan fingerprint density at radius 1 is 1.56 bits per heavy atom. The summed E-state index contributed by atoms with van der Waals surface area (Å²) < 4.78 is 1.14. The fourth-order valence-electron chi connectivity index (χ4n) is 2.29. The number of carbonyl (C=O) groups is 1. The van der Waals surface area contributed by atoms with Gasteiger partial charge in [0.25, 0.3) is 0 Å². The van der Waals surface area contributed by atoms with E-state index in [0.29, 0.717) is 13.1 Å². The number of fused-ring (bicyclic) bond motifs is 1. The van der Waals surface area contributed by atoms with Crippen LogP contribution in [0.1, 0.15) is 0 Å². The third-order valence-electron chi connectivity index (χ3n) is 3.16. The second-order valence-corrected chi connectivity index (χ2v) is 5.17. The molecule has 3 heterocycles. The van der Waals surface area contributed by atoms with Crippen molar-refractivity contribution >= 4 is 33.2 Å². The standard InChI is InChI=1S/C12H13N3O2S/c16-12(17)9-7-13-4-5-15(9)11-8-2-6-18-10(8)1-3-14-11/h1-3,6,9,13H,4-5,7H2,(H,16,17). The van der Waals surface area contributed by atoms with Crippen LogP contribution in [-0.2, 0) is 4.79 Å². The fraction of sp³-hybridized carbons (Fsp3) is 0.333. The Hall–Kier alpha value is -1.66. The average molecular weight is 263 g/mol. The van der Waals surface area contributed by atoms with E-state index in [4.69, 9.17) is 0 Å². The largest absolute Gasteiger partial charge is 0.480 e. The van der Waals surface area contributed by atoms with Gasteiger partial charge in [-0.2, -0.15) is 0 Å². The van der Waals surface area contributed by atoms with Gasteiger partial charge in [0.05, 0.1) is 0 Å². The number of carboxylic acids is 1. The summed E-state index contributed by atoms with van der Waals surface area (Å²) in [5, 5.41) is 15.4. The molecule has 0 saturated carbocycles. The van der Waals surface area contributed by atoms with E-state index in [0.717, 1.165) is 22.4 Å². The van der Waals surface area contributed by atoms with Crippen molar-refractivity contribution in [3.8, 4) is 0 Å². The van der Waals surface area contributed by atoms with Gasteiger partial charge < -0.3 is 15.3 Å². The van der Waals surface area contributed by atoms with Crippen LogP contribution in [0.5, 0.6) is 0 Å². The monoisotopic (exact) mass is 263 g/mol. The summed E-state index contributed by atoms with van der Waals surface area (Å²) in [6.07, 6.45) is 1.75. The summed E-state index contributed by atoms with van der Waals surface area (Å²) in [5.41, 5.74) is 0. The molecule has 5 nitrogen and oxygen atoms in total. The number of thiophene rings is 1. The minimum atomic E-state index is -0.809. The Morgan fingerprint density at radius 3 is 3.28 bits per heavy atom. The number of aliphatic carboxylic acids is 1. The van der Waals surface area contributed by atoms with Crippen LogP contribution in [0.15, 0.2) is 23.7 Å². The molecule has 0 bridgehead atoms. The molecule has 1 unspecified atom stereocenters. The van der Waals surface area contributed by atoms with Crippen molar-refractivity contribution in [3.63, 3.8) is 0 Å². The maximum atomic E-state index is 11.3. The van der Waals surface area contributed by atoms with E-state index < -0.39 is 12.0 Å². The van der Waals surface area contributed by atoms with Gasteiger partial charge in [-0.15, -0.1) is 11.3 Å². The number of hydrogen-bond donors (Lipinski definition) is 2. The zero-order chi connectivity index (χ0) is 12.5. The summed E-state index contributed by atoms with van der Waals surface area (Å²) in [7, 11) is 0. The first kappa shape index (κ1) is 11.4. The van der Waals surface area contributed by atoms with E-state index in [9.17, 15) is 9.90 Å². The van der Waals surface area contributed by atoms with Crippen molar-refractivity contribution in [2.24, 2.45) is 0 Å². The van der Waals surface area contributed by atoms with E-state index in [2.05, 4.69) is 10.3 Å². The molecule has 1 fully saturated rings. The molecule has 2 N–H and O–H groups in total. The first-order valence-corrected chi connectivity index (χ1v) is 6.68. The number of nitrogens with one attached hydrogen (secondary N) is 1. The minimum Gasteiger partial charge on any atom is -0.480 e. The number of carboxylic acid groups (broad SMARTS) is 1. The Morgan fingerprint density at radius 2 is 2.44 bits per heavy atom. The smallest absolute Gasteiger partial charge is 0.327 e. The maximum Gasteiger partial charge on any atom is 0.327 e. The van der Waals surface area contributed by atoms with Crippen LogP contribution in [-0.4, -0.2) is 41.7 Å². The summed E-state index contributed by atoms with van der Waals surface area (Å²) in [6, 6.07) is 3.42. The van der Waals surface area contributed by atoms with Crippen molar-refractivity contribution in [2.45, 2.75) is 6.04 Å². The summed E-state index contributed by atoms with van der Waals surface area (Å²) in [4.78, 5) is 17.6. The molecule has 0 aliphatic carbocycles. The molecular weight excluding hydrogens is 250 g/mol. The highest BCUT2D eigenvalue weighted by molar-refractivity contribution is 7.17. The van der Waals surface area contributed by atoms with E-state index in [1.54, 1.807) is 17.5 Å². The van der Waals surface area contributed by atoms with Crippen molar-refractivity contribution < 1.29 is 9.90 Å². The molecule has 1 saturated heterocycles. The van der Waals surface area contributed by atoms with E-state index >= 15 is 0 Å². The Balaban J connectivity index is 2.06. The second-order valence-electron chi connectivity index (χ2n) is 4.22. The highest BCUT2D eigenvalue weighted by Gasteiger charge is 2.30. The minimum absolute atomic E-state index is 0.456. The number of hydrogen-bond acceptors (Lipinski definition) is 5. The molecule has 0 aromatic carbocycles. The van der Waals surface area contributed by atoms with Gasteiger partial charge in [0.2, 0.25) is 0 Å². The molecule has 1 aliphatic heterocycles. The van der Waals surface area contributed by atoms with Gasteiger partial charge in [-0.3, -0.25) is 0 Å². The van der Waals surface area contributed by atoms with Crippen LogP contribution >= 0.6 is 11.3 Å². The molecule has 0 spiro atoms.